The first kappa shape index (κ1) is 11.8. The third-order valence-electron chi connectivity index (χ3n) is 3.70. The fourth-order valence-electron chi connectivity index (χ4n) is 2.59. The summed E-state index contributed by atoms with van der Waals surface area (Å²) in [5.74, 6) is 0. The zero-order valence-corrected chi connectivity index (χ0v) is 11.1. The van der Waals surface area contributed by atoms with Crippen molar-refractivity contribution in [2.24, 2.45) is 0 Å². The summed E-state index contributed by atoms with van der Waals surface area (Å²) in [6, 6.07) is 8.12. The van der Waals surface area contributed by atoms with E-state index in [1.165, 1.54) is 12.0 Å². The number of benzene rings is 1. The minimum absolute atomic E-state index is 0.0618. The van der Waals surface area contributed by atoms with E-state index in [-0.39, 0.29) is 5.54 Å². The Bertz CT molecular complexity index is 542. The van der Waals surface area contributed by atoms with Crippen LogP contribution in [0.1, 0.15) is 25.3 Å². The average molecular weight is 262 g/mol. The summed E-state index contributed by atoms with van der Waals surface area (Å²) in [6.45, 7) is 3.31. The quantitative estimate of drug-likeness (QED) is 0.900. The van der Waals surface area contributed by atoms with E-state index in [0.29, 0.717) is 0 Å². The molecule has 18 heavy (non-hydrogen) atoms. The molecule has 1 aromatic carbocycles. The molecule has 0 bridgehead atoms. The Labute approximate surface area is 112 Å². The third-order valence-corrected chi connectivity index (χ3v) is 4.01. The van der Waals surface area contributed by atoms with Crippen molar-refractivity contribution in [2.45, 2.75) is 25.3 Å². The van der Waals surface area contributed by atoms with E-state index in [1.54, 1.807) is 10.9 Å². The van der Waals surface area contributed by atoms with Crippen LogP contribution in [0.5, 0.6) is 0 Å². The second-order valence-corrected chi connectivity index (χ2v) is 5.39. The number of nitrogens with zero attached hydrogens (tertiary/aromatic N) is 2. The summed E-state index contributed by atoms with van der Waals surface area (Å²) in [7, 11) is 0. The van der Waals surface area contributed by atoms with E-state index < -0.39 is 0 Å². The van der Waals surface area contributed by atoms with E-state index >= 15 is 0 Å². The van der Waals surface area contributed by atoms with Gasteiger partial charge >= 0.3 is 0 Å². The van der Waals surface area contributed by atoms with E-state index in [4.69, 9.17) is 11.6 Å². The fraction of sp³-hybridized carbons (Fsp3) is 0.357. The normalized spacial score (nSPS) is 23.4. The van der Waals surface area contributed by atoms with E-state index in [2.05, 4.69) is 29.5 Å². The second-order valence-electron chi connectivity index (χ2n) is 4.98. The Morgan fingerprint density at radius 2 is 2.33 bits per heavy atom. The molecule has 4 heteroatoms. The van der Waals surface area contributed by atoms with E-state index in [9.17, 15) is 0 Å². The van der Waals surface area contributed by atoms with Gasteiger partial charge in [-0.05, 0) is 50.1 Å². The van der Waals surface area contributed by atoms with Gasteiger partial charge in [0.25, 0.3) is 0 Å². The van der Waals surface area contributed by atoms with E-state index in [0.717, 1.165) is 23.7 Å². The molecule has 1 fully saturated rings. The molecule has 94 valence electrons. The van der Waals surface area contributed by atoms with Gasteiger partial charge in [-0.15, -0.1) is 0 Å². The molecule has 2 heterocycles. The molecule has 1 aliphatic heterocycles. The maximum absolute atomic E-state index is 6.37. The topological polar surface area (TPSA) is 29.9 Å². The van der Waals surface area contributed by atoms with Gasteiger partial charge in [0.1, 0.15) is 0 Å². The van der Waals surface area contributed by atoms with Gasteiger partial charge in [0.05, 0.1) is 10.7 Å². The molecular weight excluding hydrogens is 246 g/mol. The maximum Gasteiger partial charge on any atom is 0.0831 e. The van der Waals surface area contributed by atoms with Crippen LogP contribution in [0.4, 0.5) is 0 Å². The number of rotatable bonds is 2. The van der Waals surface area contributed by atoms with Crippen LogP contribution in [-0.4, -0.2) is 16.3 Å². The highest BCUT2D eigenvalue weighted by atomic mass is 35.5. The lowest BCUT2D eigenvalue weighted by molar-refractivity contribution is 0.435. The van der Waals surface area contributed by atoms with Gasteiger partial charge in [0, 0.05) is 17.9 Å². The molecule has 0 radical (unpaired) electrons. The van der Waals surface area contributed by atoms with Crippen molar-refractivity contribution in [3.63, 3.8) is 0 Å². The summed E-state index contributed by atoms with van der Waals surface area (Å²) in [6.07, 6.45) is 6.03. The van der Waals surface area contributed by atoms with Crippen molar-refractivity contribution >= 4 is 11.6 Å². The number of nitrogens with one attached hydrogen (secondary N) is 1. The molecule has 1 atom stereocenters. The molecular formula is C14H16ClN3. The average Bonchev–Trinajstić information content (AvgIpc) is 3.00. The SMILES string of the molecule is CC1(c2ccc(-n3cccn3)c(Cl)c2)CCCN1. The predicted octanol–water partition coefficient (Wildman–Crippen LogP) is 3.12. The van der Waals surface area contributed by atoms with Gasteiger partial charge in [-0.1, -0.05) is 17.7 Å². The molecule has 0 saturated carbocycles. The Hall–Kier alpha value is -1.32. The summed E-state index contributed by atoms with van der Waals surface area (Å²) in [5.41, 5.74) is 2.24. The lowest BCUT2D eigenvalue weighted by Crippen LogP contribution is -2.33. The predicted molar refractivity (Wildman–Crippen MR) is 73.2 cm³/mol. The zero-order valence-electron chi connectivity index (χ0n) is 10.4. The number of aromatic nitrogens is 2. The van der Waals surface area contributed by atoms with Crippen LogP contribution in [0.3, 0.4) is 0 Å². The van der Waals surface area contributed by atoms with Crippen LogP contribution >= 0.6 is 11.6 Å². The molecule has 0 spiro atoms. The van der Waals surface area contributed by atoms with Crippen LogP contribution < -0.4 is 5.32 Å². The molecule has 1 saturated heterocycles. The Balaban J connectivity index is 1.99. The molecule has 1 N–H and O–H groups in total. The van der Waals surface area contributed by atoms with Crippen molar-refractivity contribution in [2.75, 3.05) is 6.54 Å². The Morgan fingerprint density at radius 3 is 2.94 bits per heavy atom. The summed E-state index contributed by atoms with van der Waals surface area (Å²) in [4.78, 5) is 0. The Morgan fingerprint density at radius 1 is 1.44 bits per heavy atom. The Kier molecular flexibility index (Phi) is 2.88. The molecule has 3 rings (SSSR count). The van der Waals surface area contributed by atoms with Gasteiger partial charge in [-0.2, -0.15) is 5.10 Å². The molecule has 0 amide bonds. The molecule has 1 aromatic heterocycles. The summed E-state index contributed by atoms with van der Waals surface area (Å²) >= 11 is 6.37. The molecule has 3 nitrogen and oxygen atoms in total. The maximum atomic E-state index is 6.37. The molecule has 0 aliphatic carbocycles. The van der Waals surface area contributed by atoms with Crippen LogP contribution in [0.25, 0.3) is 5.69 Å². The number of hydrogen-bond acceptors (Lipinski definition) is 2. The van der Waals surface area contributed by atoms with Crippen molar-refractivity contribution < 1.29 is 0 Å². The molecule has 1 unspecified atom stereocenters. The lowest BCUT2D eigenvalue weighted by atomic mass is 9.90. The van der Waals surface area contributed by atoms with Crippen LogP contribution in [0, 0.1) is 0 Å². The van der Waals surface area contributed by atoms with Gasteiger partial charge in [-0.3, -0.25) is 0 Å². The van der Waals surface area contributed by atoms with Crippen molar-refractivity contribution in [3.05, 3.63) is 47.2 Å². The zero-order chi connectivity index (χ0) is 12.6. The van der Waals surface area contributed by atoms with Crippen molar-refractivity contribution in [3.8, 4) is 5.69 Å². The first-order valence-electron chi connectivity index (χ1n) is 6.24. The van der Waals surface area contributed by atoms with Gasteiger partial charge in [0.15, 0.2) is 0 Å². The smallest absolute Gasteiger partial charge is 0.0831 e. The van der Waals surface area contributed by atoms with Crippen LogP contribution in [0.15, 0.2) is 36.7 Å². The second kappa shape index (κ2) is 4.41. The monoisotopic (exact) mass is 261 g/mol. The van der Waals surface area contributed by atoms with Gasteiger partial charge in [0.2, 0.25) is 0 Å². The van der Waals surface area contributed by atoms with Crippen LogP contribution in [-0.2, 0) is 5.54 Å². The highest BCUT2D eigenvalue weighted by Crippen LogP contribution is 2.33. The highest BCUT2D eigenvalue weighted by molar-refractivity contribution is 6.32. The summed E-state index contributed by atoms with van der Waals surface area (Å²) < 4.78 is 1.79. The third kappa shape index (κ3) is 1.93. The highest BCUT2D eigenvalue weighted by Gasteiger charge is 2.30. The minimum Gasteiger partial charge on any atom is -0.308 e. The molecule has 1 aliphatic rings. The summed E-state index contributed by atoms with van der Waals surface area (Å²) in [5, 5.41) is 8.50. The number of hydrogen-bond donors (Lipinski definition) is 1. The first-order chi connectivity index (χ1) is 8.69. The van der Waals surface area contributed by atoms with Gasteiger partial charge in [-0.25, -0.2) is 4.68 Å². The van der Waals surface area contributed by atoms with Crippen LogP contribution in [0.2, 0.25) is 5.02 Å². The minimum atomic E-state index is 0.0618. The van der Waals surface area contributed by atoms with Crippen molar-refractivity contribution in [1.29, 1.82) is 0 Å². The first-order valence-corrected chi connectivity index (χ1v) is 6.62. The van der Waals surface area contributed by atoms with Crippen molar-refractivity contribution in [1.82, 2.24) is 15.1 Å². The standard InChI is InChI=1S/C14H16ClN3/c1-14(6-2-7-16-14)11-4-5-13(12(15)10-11)18-9-3-8-17-18/h3-5,8-10,16H,2,6-7H2,1H3. The fourth-order valence-corrected chi connectivity index (χ4v) is 2.86. The van der Waals surface area contributed by atoms with E-state index in [1.807, 2.05) is 18.3 Å². The number of halogens is 1. The largest absolute Gasteiger partial charge is 0.308 e. The lowest BCUT2D eigenvalue weighted by Gasteiger charge is -2.25. The van der Waals surface area contributed by atoms with Gasteiger partial charge < -0.3 is 5.32 Å². The molecule has 2 aromatic rings.